The van der Waals surface area contributed by atoms with Gasteiger partial charge in [0.05, 0.1) is 0 Å². The van der Waals surface area contributed by atoms with Crippen molar-refractivity contribution in [3.8, 4) is 11.9 Å². The molecule has 1 aromatic carbocycles. The Labute approximate surface area is 146 Å². The third-order valence-corrected chi connectivity index (χ3v) is 4.24. The Morgan fingerprint density at radius 3 is 2.56 bits per heavy atom. The topological polar surface area (TPSA) is 86.3 Å². The molecule has 1 amide bonds. The summed E-state index contributed by atoms with van der Waals surface area (Å²) >= 11 is 0. The largest absolute Gasteiger partial charge is 0.492 e. The Morgan fingerprint density at radius 1 is 1.36 bits per heavy atom. The second-order valence-corrected chi connectivity index (χ2v) is 6.04. The van der Waals surface area contributed by atoms with Crippen LogP contribution >= 0.6 is 0 Å². The molecule has 0 aliphatic heterocycles. The molecule has 0 saturated heterocycles. The molecule has 25 heavy (non-hydrogen) atoms. The number of aromatic nitrogens is 1. The maximum Gasteiger partial charge on any atom is 0.272 e. The van der Waals surface area contributed by atoms with Gasteiger partial charge in [0.25, 0.3) is 11.5 Å². The van der Waals surface area contributed by atoms with Gasteiger partial charge in [-0.3, -0.25) is 9.59 Å². The van der Waals surface area contributed by atoms with Crippen molar-refractivity contribution in [1.82, 2.24) is 4.68 Å². The van der Waals surface area contributed by atoms with Gasteiger partial charge in [-0.25, -0.2) is 5.01 Å². The standard InChI is InChI=1S/C19H21N3O3/c1-4-13(2)10-15-11-17(23)22(19(25)16(15)12-20)21(3)18(24)14-8-6-5-7-9-14/h5-9,11,13,25H,4,10H2,1-3H3. The zero-order chi connectivity index (χ0) is 18.6. The summed E-state index contributed by atoms with van der Waals surface area (Å²) in [6.07, 6.45) is 1.40. The van der Waals surface area contributed by atoms with Crippen LogP contribution in [0.4, 0.5) is 0 Å². The summed E-state index contributed by atoms with van der Waals surface area (Å²) in [6.45, 7) is 4.03. The van der Waals surface area contributed by atoms with Crippen LogP contribution in [0.5, 0.6) is 5.88 Å². The normalized spacial score (nSPS) is 11.6. The minimum Gasteiger partial charge on any atom is -0.492 e. The van der Waals surface area contributed by atoms with E-state index in [1.54, 1.807) is 30.3 Å². The Morgan fingerprint density at radius 2 is 2.00 bits per heavy atom. The highest BCUT2D eigenvalue weighted by molar-refractivity contribution is 6.01. The number of amides is 1. The van der Waals surface area contributed by atoms with Gasteiger partial charge in [-0.05, 0) is 30.0 Å². The second kappa shape index (κ2) is 7.67. The summed E-state index contributed by atoms with van der Waals surface area (Å²) in [4.78, 5) is 25.0. The van der Waals surface area contributed by atoms with Crippen molar-refractivity contribution >= 4 is 5.91 Å². The van der Waals surface area contributed by atoms with Crippen LogP contribution in [0.3, 0.4) is 0 Å². The number of carbonyl (C=O) groups is 1. The number of hydrogen-bond acceptors (Lipinski definition) is 4. The summed E-state index contributed by atoms with van der Waals surface area (Å²) in [5.41, 5.74) is 0.337. The van der Waals surface area contributed by atoms with Gasteiger partial charge in [0.1, 0.15) is 11.6 Å². The number of aromatic hydroxyl groups is 1. The van der Waals surface area contributed by atoms with E-state index in [9.17, 15) is 20.0 Å². The molecule has 0 fully saturated rings. The Kier molecular flexibility index (Phi) is 5.60. The number of rotatable bonds is 5. The Hall–Kier alpha value is -3.07. The lowest BCUT2D eigenvalue weighted by molar-refractivity contribution is 0.0961. The molecule has 1 aromatic heterocycles. The molecule has 0 spiro atoms. The number of benzene rings is 1. The number of nitrogens with zero attached hydrogens (tertiary/aromatic N) is 3. The number of hydrogen-bond donors (Lipinski definition) is 1. The van der Waals surface area contributed by atoms with Crippen molar-refractivity contribution in [3.63, 3.8) is 0 Å². The Balaban J connectivity index is 2.50. The quantitative estimate of drug-likeness (QED) is 0.906. The number of carbonyl (C=O) groups excluding carboxylic acids is 1. The predicted molar refractivity (Wildman–Crippen MR) is 95.2 cm³/mol. The lowest BCUT2D eigenvalue weighted by atomic mass is 9.96. The molecule has 2 rings (SSSR count). The molecule has 6 heteroatoms. The van der Waals surface area contributed by atoms with Crippen LogP contribution in [0.15, 0.2) is 41.2 Å². The van der Waals surface area contributed by atoms with Crippen LogP contribution in [0.25, 0.3) is 0 Å². The first kappa shape index (κ1) is 18.3. The van der Waals surface area contributed by atoms with Gasteiger partial charge in [-0.2, -0.15) is 9.94 Å². The molecule has 1 unspecified atom stereocenters. The van der Waals surface area contributed by atoms with E-state index >= 15 is 0 Å². The van der Waals surface area contributed by atoms with E-state index in [0.717, 1.165) is 16.1 Å². The maximum absolute atomic E-state index is 12.5. The van der Waals surface area contributed by atoms with Gasteiger partial charge in [0, 0.05) is 18.7 Å². The zero-order valence-electron chi connectivity index (χ0n) is 14.6. The molecule has 0 saturated carbocycles. The van der Waals surface area contributed by atoms with E-state index in [4.69, 9.17) is 0 Å². The van der Waals surface area contributed by atoms with Crippen LogP contribution in [0, 0.1) is 17.2 Å². The molecule has 0 radical (unpaired) electrons. The summed E-state index contributed by atoms with van der Waals surface area (Å²) in [5, 5.41) is 20.9. The Bertz CT molecular complexity index is 866. The van der Waals surface area contributed by atoms with Crippen LogP contribution in [0.2, 0.25) is 0 Å². The first-order valence-corrected chi connectivity index (χ1v) is 8.12. The van der Waals surface area contributed by atoms with Gasteiger partial charge in [0.15, 0.2) is 0 Å². The molecule has 2 aromatic rings. The average Bonchev–Trinajstić information content (AvgIpc) is 2.61. The molecule has 0 aliphatic rings. The lowest BCUT2D eigenvalue weighted by Crippen LogP contribution is -2.43. The highest BCUT2D eigenvalue weighted by atomic mass is 16.3. The summed E-state index contributed by atoms with van der Waals surface area (Å²) in [5.74, 6) is -0.706. The van der Waals surface area contributed by atoms with E-state index in [1.807, 2.05) is 19.9 Å². The summed E-state index contributed by atoms with van der Waals surface area (Å²) in [7, 11) is 1.38. The first-order valence-electron chi connectivity index (χ1n) is 8.12. The third-order valence-electron chi connectivity index (χ3n) is 4.24. The highest BCUT2D eigenvalue weighted by Crippen LogP contribution is 2.22. The molecule has 1 atom stereocenters. The average molecular weight is 339 g/mol. The predicted octanol–water partition coefficient (Wildman–Crippen LogP) is 2.42. The van der Waals surface area contributed by atoms with Crippen LogP contribution in [-0.4, -0.2) is 22.7 Å². The minimum atomic E-state index is -0.554. The fourth-order valence-corrected chi connectivity index (χ4v) is 2.59. The smallest absolute Gasteiger partial charge is 0.272 e. The van der Waals surface area contributed by atoms with Crippen molar-refractivity contribution in [2.75, 3.05) is 12.1 Å². The first-order chi connectivity index (χ1) is 11.9. The van der Waals surface area contributed by atoms with Crippen molar-refractivity contribution < 1.29 is 9.90 Å². The zero-order valence-corrected chi connectivity index (χ0v) is 14.6. The van der Waals surface area contributed by atoms with E-state index in [-0.39, 0.29) is 11.5 Å². The molecule has 1 N–H and O–H groups in total. The summed E-state index contributed by atoms with van der Waals surface area (Å²) in [6, 6.07) is 11.7. The minimum absolute atomic E-state index is 0.0209. The van der Waals surface area contributed by atoms with Gasteiger partial charge in [-0.15, -0.1) is 0 Å². The van der Waals surface area contributed by atoms with Gasteiger partial charge < -0.3 is 5.11 Å². The van der Waals surface area contributed by atoms with Crippen molar-refractivity contribution in [2.45, 2.75) is 26.7 Å². The van der Waals surface area contributed by atoms with Crippen molar-refractivity contribution in [3.05, 3.63) is 63.4 Å². The van der Waals surface area contributed by atoms with Crippen LogP contribution < -0.4 is 10.6 Å². The summed E-state index contributed by atoms with van der Waals surface area (Å²) < 4.78 is 0.827. The van der Waals surface area contributed by atoms with E-state index in [0.29, 0.717) is 17.5 Å². The van der Waals surface area contributed by atoms with E-state index in [1.165, 1.54) is 13.1 Å². The molecular weight excluding hydrogens is 318 g/mol. The number of nitriles is 1. The van der Waals surface area contributed by atoms with Crippen LogP contribution in [0.1, 0.15) is 41.8 Å². The molecule has 6 nitrogen and oxygen atoms in total. The fraction of sp³-hybridized carbons (Fsp3) is 0.316. The van der Waals surface area contributed by atoms with E-state index in [2.05, 4.69) is 0 Å². The maximum atomic E-state index is 12.5. The van der Waals surface area contributed by atoms with Gasteiger partial charge in [0.2, 0.25) is 5.88 Å². The molecule has 130 valence electrons. The number of pyridine rings is 1. The SMILES string of the molecule is CCC(C)Cc1cc(=O)n(N(C)C(=O)c2ccccc2)c(O)c1C#N. The van der Waals surface area contributed by atoms with E-state index < -0.39 is 17.3 Å². The van der Waals surface area contributed by atoms with Crippen molar-refractivity contribution in [1.29, 1.82) is 5.26 Å². The highest BCUT2D eigenvalue weighted by Gasteiger charge is 2.22. The molecule has 1 heterocycles. The lowest BCUT2D eigenvalue weighted by Gasteiger charge is -2.22. The molecular formula is C19H21N3O3. The monoisotopic (exact) mass is 339 g/mol. The fourth-order valence-electron chi connectivity index (χ4n) is 2.59. The molecule has 0 bridgehead atoms. The van der Waals surface area contributed by atoms with Gasteiger partial charge >= 0.3 is 0 Å². The molecule has 0 aliphatic carbocycles. The van der Waals surface area contributed by atoms with Crippen LogP contribution in [-0.2, 0) is 6.42 Å². The third kappa shape index (κ3) is 3.72. The van der Waals surface area contributed by atoms with Gasteiger partial charge in [-0.1, -0.05) is 38.5 Å². The van der Waals surface area contributed by atoms with Crippen molar-refractivity contribution in [2.24, 2.45) is 5.92 Å². The second-order valence-electron chi connectivity index (χ2n) is 6.04.